The zero-order chi connectivity index (χ0) is 11.9. The number of rotatable bonds is 4. The van der Waals surface area contributed by atoms with Gasteiger partial charge in [-0.05, 0) is 36.7 Å². The largest absolute Gasteiger partial charge is 0.376 e. The van der Waals surface area contributed by atoms with Crippen LogP contribution in [0.5, 0.6) is 0 Å². The van der Waals surface area contributed by atoms with Crippen LogP contribution in [-0.2, 0) is 11.3 Å². The molecule has 2 rings (SSSR count). The molecule has 2 N–H and O–H groups in total. The summed E-state index contributed by atoms with van der Waals surface area (Å²) < 4.78 is 5.51. The highest BCUT2D eigenvalue weighted by Crippen LogP contribution is 2.10. The summed E-state index contributed by atoms with van der Waals surface area (Å²) in [7, 11) is 0. The van der Waals surface area contributed by atoms with Crippen LogP contribution < -0.4 is 10.6 Å². The van der Waals surface area contributed by atoms with E-state index in [-0.39, 0.29) is 0 Å². The summed E-state index contributed by atoms with van der Waals surface area (Å²) in [5.41, 5.74) is 1.12. The normalized spacial score (nSPS) is 18.9. The summed E-state index contributed by atoms with van der Waals surface area (Å²) >= 11 is 5.19. The van der Waals surface area contributed by atoms with E-state index in [1.807, 2.05) is 18.3 Å². The number of nitrogens with zero attached hydrogens (tertiary/aromatic N) is 1. The van der Waals surface area contributed by atoms with Crippen molar-refractivity contribution in [2.75, 3.05) is 13.2 Å². The molecule has 0 bridgehead atoms. The van der Waals surface area contributed by atoms with Gasteiger partial charge in [-0.25, -0.2) is 0 Å². The first-order valence-electron chi connectivity index (χ1n) is 5.87. The topological polar surface area (TPSA) is 46.2 Å². The third-order valence-electron chi connectivity index (χ3n) is 2.69. The van der Waals surface area contributed by atoms with Gasteiger partial charge in [0.15, 0.2) is 5.11 Å². The molecule has 5 heteroatoms. The molecule has 0 aromatic carbocycles. The molecular weight excluding hydrogens is 234 g/mol. The van der Waals surface area contributed by atoms with Crippen molar-refractivity contribution in [1.82, 2.24) is 15.6 Å². The molecule has 0 saturated carbocycles. The predicted molar refractivity (Wildman–Crippen MR) is 70.7 cm³/mol. The molecule has 0 amide bonds. The van der Waals surface area contributed by atoms with Crippen molar-refractivity contribution >= 4 is 17.3 Å². The molecule has 92 valence electrons. The molecule has 0 aliphatic carbocycles. The second-order valence-corrected chi connectivity index (χ2v) is 4.47. The minimum Gasteiger partial charge on any atom is -0.376 e. The lowest BCUT2D eigenvalue weighted by molar-refractivity contribution is 0.114. The summed E-state index contributed by atoms with van der Waals surface area (Å²) in [5.74, 6) is 0. The summed E-state index contributed by atoms with van der Waals surface area (Å²) in [6.45, 7) is 2.37. The van der Waals surface area contributed by atoms with E-state index in [4.69, 9.17) is 17.0 Å². The standard InChI is InChI=1S/C12H17N3OS/c17-12(15-9-11-4-2-6-16-11)14-8-10-3-1-5-13-7-10/h1,3,5,7,11H,2,4,6,8-9H2,(H2,14,15,17)/t11-/m0/s1. The highest BCUT2D eigenvalue weighted by molar-refractivity contribution is 7.80. The van der Waals surface area contributed by atoms with Crippen LogP contribution in [-0.4, -0.2) is 29.4 Å². The van der Waals surface area contributed by atoms with Crippen molar-refractivity contribution in [3.63, 3.8) is 0 Å². The monoisotopic (exact) mass is 251 g/mol. The molecule has 4 nitrogen and oxygen atoms in total. The Bertz CT molecular complexity index is 352. The molecule has 1 aromatic rings. The highest BCUT2D eigenvalue weighted by Gasteiger charge is 2.14. The maximum Gasteiger partial charge on any atom is 0.166 e. The predicted octanol–water partition coefficient (Wildman–Crippen LogP) is 1.22. The summed E-state index contributed by atoms with van der Waals surface area (Å²) in [6.07, 6.45) is 6.18. The quantitative estimate of drug-likeness (QED) is 0.788. The van der Waals surface area contributed by atoms with E-state index < -0.39 is 0 Å². The van der Waals surface area contributed by atoms with E-state index in [9.17, 15) is 0 Å². The molecule has 1 saturated heterocycles. The van der Waals surface area contributed by atoms with Crippen molar-refractivity contribution in [3.05, 3.63) is 30.1 Å². The lowest BCUT2D eigenvalue weighted by Gasteiger charge is -2.13. The molecule has 1 fully saturated rings. The number of hydrogen-bond donors (Lipinski definition) is 2. The van der Waals surface area contributed by atoms with Crippen molar-refractivity contribution in [2.24, 2.45) is 0 Å². The first kappa shape index (κ1) is 12.3. The summed E-state index contributed by atoms with van der Waals surface area (Å²) in [6, 6.07) is 3.93. The third kappa shape index (κ3) is 4.28. The maximum absolute atomic E-state index is 5.51. The van der Waals surface area contributed by atoms with Crippen molar-refractivity contribution in [3.8, 4) is 0 Å². The smallest absolute Gasteiger partial charge is 0.166 e. The van der Waals surface area contributed by atoms with Crippen LogP contribution in [0.25, 0.3) is 0 Å². The molecule has 1 aromatic heterocycles. The zero-order valence-electron chi connectivity index (χ0n) is 9.69. The van der Waals surface area contributed by atoms with Gasteiger partial charge in [0, 0.05) is 32.1 Å². The van der Waals surface area contributed by atoms with Crippen LogP contribution in [0.15, 0.2) is 24.5 Å². The Morgan fingerprint density at radius 3 is 3.18 bits per heavy atom. The Morgan fingerprint density at radius 1 is 1.53 bits per heavy atom. The maximum atomic E-state index is 5.51. The lowest BCUT2D eigenvalue weighted by Crippen LogP contribution is -2.39. The first-order valence-corrected chi connectivity index (χ1v) is 6.27. The zero-order valence-corrected chi connectivity index (χ0v) is 10.5. The molecule has 1 atom stereocenters. The van der Waals surface area contributed by atoms with Gasteiger partial charge in [0.1, 0.15) is 0 Å². The Balaban J connectivity index is 1.64. The van der Waals surface area contributed by atoms with Gasteiger partial charge >= 0.3 is 0 Å². The van der Waals surface area contributed by atoms with Crippen molar-refractivity contribution in [1.29, 1.82) is 0 Å². The van der Waals surface area contributed by atoms with E-state index in [0.29, 0.717) is 17.8 Å². The summed E-state index contributed by atoms with van der Waals surface area (Å²) in [5, 5.41) is 6.99. The van der Waals surface area contributed by atoms with Crippen LogP contribution in [0.2, 0.25) is 0 Å². The Kier molecular flexibility index (Phi) is 4.70. The molecule has 0 radical (unpaired) electrons. The SMILES string of the molecule is S=C(NCc1cccnc1)NC[C@@H]1CCCO1. The molecule has 1 aliphatic rings. The average molecular weight is 251 g/mol. The lowest BCUT2D eigenvalue weighted by atomic mass is 10.2. The summed E-state index contributed by atoms with van der Waals surface area (Å²) in [4.78, 5) is 4.05. The number of aromatic nitrogens is 1. The van der Waals surface area contributed by atoms with Gasteiger partial charge in [0.05, 0.1) is 6.10 Å². The van der Waals surface area contributed by atoms with Gasteiger partial charge in [-0.2, -0.15) is 0 Å². The molecule has 17 heavy (non-hydrogen) atoms. The minimum atomic E-state index is 0.313. The van der Waals surface area contributed by atoms with Crippen LogP contribution in [0, 0.1) is 0 Å². The fourth-order valence-electron chi connectivity index (χ4n) is 1.76. The molecule has 0 spiro atoms. The second kappa shape index (κ2) is 6.51. The van der Waals surface area contributed by atoms with E-state index in [1.165, 1.54) is 0 Å². The molecular formula is C12H17N3OS. The molecule has 2 heterocycles. The van der Waals surface area contributed by atoms with Gasteiger partial charge in [0.2, 0.25) is 0 Å². The first-order chi connectivity index (χ1) is 8.34. The van der Waals surface area contributed by atoms with Crippen LogP contribution in [0.4, 0.5) is 0 Å². The minimum absolute atomic E-state index is 0.313. The van der Waals surface area contributed by atoms with Gasteiger partial charge < -0.3 is 15.4 Å². The van der Waals surface area contributed by atoms with Crippen LogP contribution in [0.1, 0.15) is 18.4 Å². The van der Waals surface area contributed by atoms with Gasteiger partial charge in [-0.1, -0.05) is 6.07 Å². The van der Waals surface area contributed by atoms with E-state index in [1.54, 1.807) is 6.20 Å². The van der Waals surface area contributed by atoms with E-state index in [0.717, 1.165) is 31.6 Å². The van der Waals surface area contributed by atoms with Crippen molar-refractivity contribution < 1.29 is 4.74 Å². The van der Waals surface area contributed by atoms with Crippen molar-refractivity contribution in [2.45, 2.75) is 25.5 Å². The average Bonchev–Trinajstić information content (AvgIpc) is 2.88. The number of thiocarbonyl (C=S) groups is 1. The second-order valence-electron chi connectivity index (χ2n) is 4.06. The Labute approximate surface area is 107 Å². The van der Waals surface area contributed by atoms with E-state index in [2.05, 4.69) is 15.6 Å². The number of hydrogen-bond acceptors (Lipinski definition) is 3. The Hall–Kier alpha value is -1.20. The van der Waals surface area contributed by atoms with Gasteiger partial charge in [-0.3, -0.25) is 4.98 Å². The van der Waals surface area contributed by atoms with Crippen LogP contribution >= 0.6 is 12.2 Å². The fourth-order valence-corrected chi connectivity index (χ4v) is 1.91. The van der Waals surface area contributed by atoms with Gasteiger partial charge in [-0.15, -0.1) is 0 Å². The molecule has 0 unspecified atom stereocenters. The fraction of sp³-hybridized carbons (Fsp3) is 0.500. The van der Waals surface area contributed by atoms with Gasteiger partial charge in [0.25, 0.3) is 0 Å². The number of pyridine rings is 1. The third-order valence-corrected chi connectivity index (χ3v) is 2.98. The highest BCUT2D eigenvalue weighted by atomic mass is 32.1. The number of ether oxygens (including phenoxy) is 1. The molecule has 1 aliphatic heterocycles. The number of nitrogens with one attached hydrogen (secondary N) is 2. The van der Waals surface area contributed by atoms with E-state index >= 15 is 0 Å². The Morgan fingerprint density at radius 2 is 2.47 bits per heavy atom. The van der Waals surface area contributed by atoms with Crippen LogP contribution in [0.3, 0.4) is 0 Å².